The van der Waals surface area contributed by atoms with Gasteiger partial charge in [0.25, 0.3) is 0 Å². The van der Waals surface area contributed by atoms with Crippen molar-refractivity contribution in [3.63, 3.8) is 0 Å². The quantitative estimate of drug-likeness (QED) is 0.795. The second kappa shape index (κ2) is 8.17. The van der Waals surface area contributed by atoms with Gasteiger partial charge >= 0.3 is 0 Å². The number of hydrogen-bond donors (Lipinski definition) is 2. The predicted molar refractivity (Wildman–Crippen MR) is 106 cm³/mol. The molecule has 142 valence electrons. The lowest BCUT2D eigenvalue weighted by molar-refractivity contribution is 0.0707. The van der Waals surface area contributed by atoms with E-state index in [0.29, 0.717) is 11.3 Å². The summed E-state index contributed by atoms with van der Waals surface area (Å²) in [6.45, 7) is 3.00. The molecule has 1 aliphatic heterocycles. The van der Waals surface area contributed by atoms with Crippen LogP contribution in [0.15, 0.2) is 23.1 Å². The monoisotopic (exact) mass is 394 g/mol. The first-order valence-corrected chi connectivity index (χ1v) is 11.8. The number of hydrogen-bond acceptors (Lipinski definition) is 6. The van der Waals surface area contributed by atoms with Crippen molar-refractivity contribution >= 4 is 27.5 Å². The van der Waals surface area contributed by atoms with E-state index in [1.54, 1.807) is 6.07 Å². The Hall–Kier alpha value is -1.27. The summed E-state index contributed by atoms with van der Waals surface area (Å²) in [6.07, 6.45) is 6.10. The van der Waals surface area contributed by atoms with Gasteiger partial charge in [0.2, 0.25) is 10.0 Å². The lowest BCUT2D eigenvalue weighted by Crippen LogP contribution is -2.57. The number of nitrogens with two attached hydrogens (primary N) is 1. The molecule has 6 nitrogen and oxygen atoms in total. The molecule has 1 saturated heterocycles. The van der Waals surface area contributed by atoms with Crippen LogP contribution in [0.3, 0.4) is 0 Å². The smallest absolute Gasteiger partial charge is 0.238 e. The van der Waals surface area contributed by atoms with Crippen LogP contribution in [0.1, 0.15) is 37.7 Å². The number of rotatable bonds is 5. The van der Waals surface area contributed by atoms with Crippen molar-refractivity contribution < 1.29 is 8.42 Å². The molecule has 3 rings (SSSR count). The molecule has 2 fully saturated rings. The van der Waals surface area contributed by atoms with Crippen LogP contribution in [0, 0.1) is 11.3 Å². The van der Waals surface area contributed by atoms with Gasteiger partial charge in [0.1, 0.15) is 6.07 Å². The van der Waals surface area contributed by atoms with Gasteiger partial charge in [0, 0.05) is 36.7 Å². The first kappa shape index (κ1) is 19.5. The highest BCUT2D eigenvalue weighted by atomic mass is 32.2. The van der Waals surface area contributed by atoms with Crippen LogP contribution >= 0.6 is 11.8 Å². The Balaban J connectivity index is 1.80. The second-order valence-electron chi connectivity index (χ2n) is 7.10. The van der Waals surface area contributed by atoms with Crippen LogP contribution < -0.4 is 10.5 Å². The van der Waals surface area contributed by atoms with Gasteiger partial charge in [-0.25, -0.2) is 13.6 Å². The van der Waals surface area contributed by atoms with Crippen LogP contribution in [0.4, 0.5) is 5.69 Å². The minimum Gasteiger partial charge on any atom is -0.382 e. The fraction of sp³-hybridized carbons (Fsp3) is 0.611. The SMILES string of the molecule is N#Cc1cc(S(N)(=O)=O)ccc1NCC1(N2CCSCC2)CCCCC1. The first-order chi connectivity index (χ1) is 12.4. The van der Waals surface area contributed by atoms with Crippen LogP contribution in [0.25, 0.3) is 0 Å². The summed E-state index contributed by atoms with van der Waals surface area (Å²) in [5.41, 5.74) is 1.12. The lowest BCUT2D eigenvalue weighted by atomic mass is 9.80. The van der Waals surface area contributed by atoms with Gasteiger partial charge in [0.15, 0.2) is 0 Å². The predicted octanol–water partition coefficient (Wildman–Crippen LogP) is 2.37. The zero-order valence-electron chi connectivity index (χ0n) is 14.9. The molecule has 3 N–H and O–H groups in total. The van der Waals surface area contributed by atoms with Gasteiger partial charge in [-0.15, -0.1) is 0 Å². The molecule has 1 aliphatic carbocycles. The molecule has 0 unspecified atom stereocenters. The van der Waals surface area contributed by atoms with E-state index in [2.05, 4.69) is 16.3 Å². The van der Waals surface area contributed by atoms with E-state index in [1.165, 1.54) is 55.7 Å². The molecular weight excluding hydrogens is 368 g/mol. The van der Waals surface area contributed by atoms with E-state index in [9.17, 15) is 13.7 Å². The molecule has 26 heavy (non-hydrogen) atoms. The van der Waals surface area contributed by atoms with E-state index in [4.69, 9.17) is 5.14 Å². The highest BCUT2D eigenvalue weighted by Crippen LogP contribution is 2.36. The van der Waals surface area contributed by atoms with E-state index in [0.717, 1.165) is 19.6 Å². The third-order valence-corrected chi connectivity index (χ3v) is 7.37. The van der Waals surface area contributed by atoms with E-state index in [-0.39, 0.29) is 10.4 Å². The topological polar surface area (TPSA) is 99.2 Å². The molecule has 0 spiro atoms. The summed E-state index contributed by atoms with van der Waals surface area (Å²) >= 11 is 2.01. The van der Waals surface area contributed by atoms with Crippen LogP contribution in [-0.2, 0) is 10.0 Å². The molecular formula is C18H26N4O2S2. The highest BCUT2D eigenvalue weighted by molar-refractivity contribution is 7.99. The van der Waals surface area contributed by atoms with Crippen molar-refractivity contribution in [3.8, 4) is 6.07 Å². The van der Waals surface area contributed by atoms with Gasteiger partial charge in [0.05, 0.1) is 16.1 Å². The Morgan fingerprint density at radius 1 is 1.23 bits per heavy atom. The number of nitrogens with one attached hydrogen (secondary N) is 1. The molecule has 1 saturated carbocycles. The molecule has 0 atom stereocenters. The number of primary sulfonamides is 1. The molecule has 1 aromatic carbocycles. The van der Waals surface area contributed by atoms with Crippen molar-refractivity contribution in [1.82, 2.24) is 4.90 Å². The van der Waals surface area contributed by atoms with Gasteiger partial charge in [-0.3, -0.25) is 4.90 Å². The van der Waals surface area contributed by atoms with Crippen LogP contribution in [0.5, 0.6) is 0 Å². The third-order valence-electron chi connectivity index (χ3n) is 5.51. The Labute approximate surface area is 160 Å². The van der Waals surface area contributed by atoms with Crippen LogP contribution in [0.2, 0.25) is 0 Å². The van der Waals surface area contributed by atoms with Crippen molar-refractivity contribution in [2.24, 2.45) is 5.14 Å². The lowest BCUT2D eigenvalue weighted by Gasteiger charge is -2.48. The van der Waals surface area contributed by atoms with Crippen molar-refractivity contribution in [1.29, 1.82) is 5.26 Å². The maximum absolute atomic E-state index is 11.5. The zero-order valence-corrected chi connectivity index (χ0v) is 16.5. The average molecular weight is 395 g/mol. The molecule has 8 heteroatoms. The number of anilines is 1. The number of thioether (sulfide) groups is 1. The summed E-state index contributed by atoms with van der Waals surface area (Å²) in [7, 11) is -3.81. The molecule has 0 bridgehead atoms. The standard InChI is InChI=1S/C18H26N4O2S2/c19-13-15-12-16(26(20,23)24)4-5-17(15)21-14-18(6-2-1-3-7-18)22-8-10-25-11-9-22/h4-5,12,21H,1-3,6-11,14H2,(H2,20,23,24). The Bertz CT molecular complexity index is 777. The summed E-state index contributed by atoms with van der Waals surface area (Å²) < 4.78 is 23.0. The van der Waals surface area contributed by atoms with Crippen molar-refractivity contribution in [2.45, 2.75) is 42.5 Å². The molecule has 1 heterocycles. The van der Waals surface area contributed by atoms with Crippen molar-refractivity contribution in [2.75, 3.05) is 36.5 Å². The zero-order chi connectivity index (χ0) is 18.6. The number of nitriles is 1. The first-order valence-electron chi connectivity index (χ1n) is 9.08. The summed E-state index contributed by atoms with van der Waals surface area (Å²) in [5, 5.41) is 18.0. The number of sulfonamides is 1. The Morgan fingerprint density at radius 3 is 2.54 bits per heavy atom. The molecule has 2 aliphatic rings. The molecule has 0 aromatic heterocycles. The minimum absolute atomic E-state index is 0.0277. The average Bonchev–Trinajstić information content (AvgIpc) is 2.67. The van der Waals surface area contributed by atoms with Gasteiger partial charge in [-0.05, 0) is 31.0 Å². The van der Waals surface area contributed by atoms with Gasteiger partial charge in [-0.1, -0.05) is 19.3 Å². The van der Waals surface area contributed by atoms with E-state index >= 15 is 0 Å². The summed E-state index contributed by atoms with van der Waals surface area (Å²) in [4.78, 5) is 2.60. The van der Waals surface area contributed by atoms with Crippen molar-refractivity contribution in [3.05, 3.63) is 23.8 Å². The normalized spacial score (nSPS) is 21.1. The fourth-order valence-corrected chi connectivity index (χ4v) is 5.50. The molecule has 0 amide bonds. The summed E-state index contributed by atoms with van der Waals surface area (Å²) in [6, 6.07) is 6.55. The Kier molecular flexibility index (Phi) is 6.13. The van der Waals surface area contributed by atoms with Gasteiger partial charge in [-0.2, -0.15) is 17.0 Å². The summed E-state index contributed by atoms with van der Waals surface area (Å²) in [5.74, 6) is 2.35. The fourth-order valence-electron chi connectivity index (χ4n) is 4.06. The highest BCUT2D eigenvalue weighted by Gasteiger charge is 2.38. The van der Waals surface area contributed by atoms with E-state index < -0.39 is 10.0 Å². The molecule has 1 aromatic rings. The molecule has 0 radical (unpaired) electrons. The maximum Gasteiger partial charge on any atom is 0.238 e. The maximum atomic E-state index is 11.5. The van der Waals surface area contributed by atoms with Gasteiger partial charge < -0.3 is 5.32 Å². The number of benzene rings is 1. The second-order valence-corrected chi connectivity index (χ2v) is 9.89. The third kappa shape index (κ3) is 4.34. The largest absolute Gasteiger partial charge is 0.382 e. The van der Waals surface area contributed by atoms with E-state index in [1.807, 2.05) is 11.8 Å². The Morgan fingerprint density at radius 2 is 1.92 bits per heavy atom. The van der Waals surface area contributed by atoms with Crippen LogP contribution in [-0.4, -0.2) is 50.0 Å². The number of nitrogens with zero attached hydrogens (tertiary/aromatic N) is 2. The minimum atomic E-state index is -3.81.